The minimum atomic E-state index is -4.39. The minimum Gasteiger partial charge on any atom is -0.453 e. The average Bonchev–Trinajstić information content (AvgIpc) is 3.07. The monoisotopic (exact) mass is 384 g/mol. The summed E-state index contributed by atoms with van der Waals surface area (Å²) in [6.45, 7) is 0.400. The summed E-state index contributed by atoms with van der Waals surface area (Å²) in [5.74, 6) is 0.450. The topological polar surface area (TPSA) is 75.5 Å². The summed E-state index contributed by atoms with van der Waals surface area (Å²) >= 11 is 0. The number of hydrogen-bond acceptors (Lipinski definition) is 4. The van der Waals surface area contributed by atoms with E-state index < -0.39 is 17.8 Å². The van der Waals surface area contributed by atoms with Crippen LogP contribution in [0.4, 0.5) is 18.0 Å². The molecule has 0 saturated carbocycles. The summed E-state index contributed by atoms with van der Waals surface area (Å²) in [5, 5.41) is 2.25. The Balaban J connectivity index is 1.79. The van der Waals surface area contributed by atoms with E-state index in [1.54, 1.807) is 4.90 Å². The van der Waals surface area contributed by atoms with Gasteiger partial charge in [0.1, 0.15) is 5.76 Å². The number of aromatic nitrogens is 1. The molecule has 27 heavy (non-hydrogen) atoms. The molecular weight excluding hydrogens is 365 g/mol. The Hall–Kier alpha value is -2.71. The summed E-state index contributed by atoms with van der Waals surface area (Å²) in [6.07, 6.45) is -3.39. The summed E-state index contributed by atoms with van der Waals surface area (Å²) in [4.78, 5) is 25.0. The van der Waals surface area contributed by atoms with Gasteiger partial charge in [-0.1, -0.05) is 12.1 Å². The molecule has 0 unspecified atom stereocenters. The Labute approximate surface area is 152 Å². The molecule has 1 aromatic carbocycles. The van der Waals surface area contributed by atoms with Crippen LogP contribution in [-0.2, 0) is 17.3 Å². The molecule has 2 aromatic rings. The number of nitrogens with zero attached hydrogens (tertiary/aromatic N) is 1. The van der Waals surface area contributed by atoms with Crippen molar-refractivity contribution in [2.75, 3.05) is 13.7 Å². The standard InChI is InChI=1S/C18H19F3N2O4/c1-26-17(25)23-7-6-12(15-10-16(24)22-27-15)9-14(23)8-11-2-4-13(5-3-11)18(19,20)21/h2-5,10,12,14H,6-9H2,1H3,(H,22,24)/t12-,14+/m1/s1. The van der Waals surface area contributed by atoms with Gasteiger partial charge in [0.15, 0.2) is 0 Å². The van der Waals surface area contributed by atoms with Crippen molar-refractivity contribution in [1.82, 2.24) is 10.1 Å². The summed E-state index contributed by atoms with van der Waals surface area (Å²) in [6, 6.07) is 5.99. The number of alkyl halides is 3. The van der Waals surface area contributed by atoms with Gasteiger partial charge < -0.3 is 14.2 Å². The number of benzene rings is 1. The smallest absolute Gasteiger partial charge is 0.416 e. The van der Waals surface area contributed by atoms with E-state index in [-0.39, 0.29) is 17.5 Å². The SMILES string of the molecule is COC(=O)N1CC[C@@H](c2cc(=O)[nH]o2)C[C@@H]1Cc1ccc(C(F)(F)F)cc1. The van der Waals surface area contributed by atoms with Crippen molar-refractivity contribution in [1.29, 1.82) is 0 Å². The first-order chi connectivity index (χ1) is 12.8. The third-order valence-electron chi connectivity index (χ3n) is 4.82. The Bertz CT molecular complexity index is 841. The highest BCUT2D eigenvalue weighted by Crippen LogP contribution is 2.34. The fourth-order valence-corrected chi connectivity index (χ4v) is 3.46. The molecule has 2 atom stereocenters. The van der Waals surface area contributed by atoms with Crippen molar-refractivity contribution in [3.63, 3.8) is 0 Å². The molecule has 3 rings (SSSR count). The molecule has 1 fully saturated rings. The number of hydrogen-bond donors (Lipinski definition) is 1. The van der Waals surface area contributed by atoms with Gasteiger partial charge in [-0.3, -0.25) is 4.79 Å². The molecule has 0 radical (unpaired) electrons. The van der Waals surface area contributed by atoms with Crippen molar-refractivity contribution in [2.45, 2.75) is 37.4 Å². The maximum atomic E-state index is 12.7. The number of nitrogens with one attached hydrogen (secondary N) is 1. The minimum absolute atomic E-state index is 0.0655. The zero-order valence-corrected chi connectivity index (χ0v) is 14.6. The molecule has 0 aliphatic carbocycles. The molecule has 1 aliphatic heterocycles. The number of piperidine rings is 1. The normalized spacial score (nSPS) is 20.5. The number of aromatic amines is 1. The number of ether oxygens (including phenoxy) is 1. The van der Waals surface area contributed by atoms with E-state index in [2.05, 4.69) is 5.16 Å². The first-order valence-corrected chi connectivity index (χ1v) is 8.47. The third-order valence-corrected chi connectivity index (χ3v) is 4.82. The zero-order chi connectivity index (χ0) is 19.6. The first-order valence-electron chi connectivity index (χ1n) is 8.47. The lowest BCUT2D eigenvalue weighted by molar-refractivity contribution is -0.137. The van der Waals surface area contributed by atoms with Crippen LogP contribution in [0.5, 0.6) is 0 Å². The lowest BCUT2D eigenvalue weighted by atomic mass is 9.86. The zero-order valence-electron chi connectivity index (χ0n) is 14.6. The highest BCUT2D eigenvalue weighted by atomic mass is 19.4. The Kier molecular flexibility index (Phi) is 5.29. The Morgan fingerprint density at radius 3 is 2.59 bits per heavy atom. The van der Waals surface area contributed by atoms with E-state index in [1.807, 2.05) is 0 Å². The maximum Gasteiger partial charge on any atom is 0.416 e. The first kappa shape index (κ1) is 19.1. The number of likely N-dealkylation sites (tertiary alicyclic amines) is 1. The molecule has 9 heteroatoms. The summed E-state index contributed by atoms with van der Waals surface area (Å²) in [5.41, 5.74) is -0.371. The van der Waals surface area contributed by atoms with Crippen molar-refractivity contribution >= 4 is 6.09 Å². The van der Waals surface area contributed by atoms with Crippen LogP contribution in [0.3, 0.4) is 0 Å². The molecule has 2 heterocycles. The van der Waals surface area contributed by atoms with Crippen LogP contribution in [0.1, 0.15) is 35.6 Å². The van der Waals surface area contributed by atoms with E-state index in [1.165, 1.54) is 25.3 Å². The number of methoxy groups -OCH3 is 1. The van der Waals surface area contributed by atoms with Gasteiger partial charge in [0.25, 0.3) is 5.56 Å². The van der Waals surface area contributed by atoms with E-state index in [0.717, 1.165) is 12.1 Å². The molecule has 0 spiro atoms. The van der Waals surface area contributed by atoms with Crippen molar-refractivity contribution in [3.05, 3.63) is 57.6 Å². The highest BCUT2D eigenvalue weighted by molar-refractivity contribution is 5.68. The van der Waals surface area contributed by atoms with E-state index in [4.69, 9.17) is 9.26 Å². The molecule has 6 nitrogen and oxygen atoms in total. The van der Waals surface area contributed by atoms with Gasteiger partial charge in [0, 0.05) is 24.6 Å². The van der Waals surface area contributed by atoms with Gasteiger partial charge in [-0.25, -0.2) is 4.79 Å². The number of H-pyrrole nitrogens is 1. The second-order valence-electron chi connectivity index (χ2n) is 6.55. The largest absolute Gasteiger partial charge is 0.453 e. The van der Waals surface area contributed by atoms with Crippen molar-refractivity contribution in [2.24, 2.45) is 0 Å². The number of carbonyl (C=O) groups excluding carboxylic acids is 1. The molecule has 1 aromatic heterocycles. The second-order valence-corrected chi connectivity index (χ2v) is 6.55. The van der Waals surface area contributed by atoms with Gasteiger partial charge in [-0.15, -0.1) is 0 Å². The van der Waals surface area contributed by atoms with Gasteiger partial charge in [-0.2, -0.15) is 18.3 Å². The lowest BCUT2D eigenvalue weighted by Gasteiger charge is -2.38. The van der Waals surface area contributed by atoms with Crippen LogP contribution in [0.2, 0.25) is 0 Å². The van der Waals surface area contributed by atoms with Crippen molar-refractivity contribution in [3.8, 4) is 0 Å². The third kappa shape index (κ3) is 4.35. The highest BCUT2D eigenvalue weighted by Gasteiger charge is 2.35. The van der Waals surface area contributed by atoms with E-state index in [0.29, 0.717) is 37.1 Å². The predicted octanol–water partition coefficient (Wildman–Crippen LogP) is 3.54. The predicted molar refractivity (Wildman–Crippen MR) is 89.4 cm³/mol. The second kappa shape index (κ2) is 7.50. The van der Waals surface area contributed by atoms with Crippen LogP contribution in [-0.4, -0.2) is 35.8 Å². The van der Waals surface area contributed by atoms with Crippen LogP contribution < -0.4 is 5.56 Å². The fourth-order valence-electron chi connectivity index (χ4n) is 3.46. The van der Waals surface area contributed by atoms with Crippen LogP contribution >= 0.6 is 0 Å². The summed E-state index contributed by atoms with van der Waals surface area (Å²) < 4.78 is 48.2. The fraction of sp³-hybridized carbons (Fsp3) is 0.444. The quantitative estimate of drug-likeness (QED) is 0.878. The van der Waals surface area contributed by atoms with Gasteiger partial charge in [0.2, 0.25) is 0 Å². The molecule has 1 N–H and O–H groups in total. The number of halogens is 3. The number of amides is 1. The van der Waals surface area contributed by atoms with Crippen LogP contribution in [0, 0.1) is 0 Å². The molecule has 146 valence electrons. The van der Waals surface area contributed by atoms with Gasteiger partial charge >= 0.3 is 12.3 Å². The van der Waals surface area contributed by atoms with Crippen LogP contribution in [0.25, 0.3) is 0 Å². The number of carbonyl (C=O) groups is 1. The molecule has 1 saturated heterocycles. The lowest BCUT2D eigenvalue weighted by Crippen LogP contribution is -2.46. The molecule has 1 amide bonds. The summed E-state index contributed by atoms with van der Waals surface area (Å²) in [7, 11) is 1.29. The Morgan fingerprint density at radius 1 is 1.33 bits per heavy atom. The Morgan fingerprint density at radius 2 is 2.04 bits per heavy atom. The van der Waals surface area contributed by atoms with E-state index in [9.17, 15) is 22.8 Å². The molecule has 0 bridgehead atoms. The van der Waals surface area contributed by atoms with Gasteiger partial charge in [0.05, 0.1) is 12.7 Å². The number of rotatable bonds is 3. The van der Waals surface area contributed by atoms with Crippen LogP contribution in [0.15, 0.2) is 39.6 Å². The van der Waals surface area contributed by atoms with Gasteiger partial charge in [-0.05, 0) is 37.0 Å². The molecule has 1 aliphatic rings. The average molecular weight is 384 g/mol. The van der Waals surface area contributed by atoms with Crippen molar-refractivity contribution < 1.29 is 27.2 Å². The molecular formula is C18H19F3N2O4. The van der Waals surface area contributed by atoms with E-state index >= 15 is 0 Å². The maximum absolute atomic E-state index is 12.7.